The van der Waals surface area contributed by atoms with E-state index >= 15 is 0 Å². The zero-order chi connectivity index (χ0) is 14.8. The van der Waals surface area contributed by atoms with Crippen LogP contribution in [0.3, 0.4) is 0 Å². The van der Waals surface area contributed by atoms with E-state index in [9.17, 15) is 5.26 Å². The number of allylic oxidation sites excluding steroid dienone is 1. The Kier molecular flexibility index (Phi) is 3.33. The molecule has 3 rings (SSSR count). The van der Waals surface area contributed by atoms with Crippen LogP contribution in [-0.2, 0) is 0 Å². The largest absolute Gasteiger partial charge is 0.351 e. The number of aromatic amines is 1. The van der Waals surface area contributed by atoms with Crippen LogP contribution in [-0.4, -0.2) is 14.5 Å². The molecule has 4 heteroatoms. The fourth-order valence-corrected chi connectivity index (χ4v) is 2.24. The van der Waals surface area contributed by atoms with Gasteiger partial charge in [0.25, 0.3) is 0 Å². The van der Waals surface area contributed by atoms with Gasteiger partial charge in [0.1, 0.15) is 11.9 Å². The van der Waals surface area contributed by atoms with Crippen molar-refractivity contribution in [3.05, 3.63) is 54.1 Å². The summed E-state index contributed by atoms with van der Waals surface area (Å²) in [6.45, 7) is 4.25. The number of hydrogen-bond donors (Lipinski definition) is 1. The first-order valence-corrected chi connectivity index (χ1v) is 6.92. The lowest BCUT2D eigenvalue weighted by Gasteiger charge is -2.04. The Morgan fingerprint density at radius 1 is 1.33 bits per heavy atom. The Morgan fingerprint density at radius 3 is 2.81 bits per heavy atom. The van der Waals surface area contributed by atoms with Gasteiger partial charge in [0, 0.05) is 18.4 Å². The summed E-state index contributed by atoms with van der Waals surface area (Å²) < 4.78 is 2.11. The monoisotopic (exact) mass is 276 g/mol. The van der Waals surface area contributed by atoms with Gasteiger partial charge in [-0.05, 0) is 43.7 Å². The number of nitrogens with zero attached hydrogens (tertiary/aromatic N) is 3. The summed E-state index contributed by atoms with van der Waals surface area (Å²) in [7, 11) is 0. The van der Waals surface area contributed by atoms with E-state index in [1.807, 2.05) is 48.8 Å². The molecule has 3 aromatic rings. The van der Waals surface area contributed by atoms with Crippen LogP contribution in [0.2, 0.25) is 0 Å². The van der Waals surface area contributed by atoms with Gasteiger partial charge in [0.05, 0.1) is 16.6 Å². The molecule has 0 aliphatic carbocycles. The van der Waals surface area contributed by atoms with E-state index in [4.69, 9.17) is 0 Å². The van der Waals surface area contributed by atoms with Crippen molar-refractivity contribution in [1.29, 1.82) is 5.26 Å². The second-order valence-electron chi connectivity index (χ2n) is 5.26. The minimum absolute atomic E-state index is 0.406. The predicted octanol–water partition coefficient (Wildman–Crippen LogP) is 4.01. The summed E-state index contributed by atoms with van der Waals surface area (Å²) in [6, 6.07) is 12.4. The van der Waals surface area contributed by atoms with Gasteiger partial charge in [-0.3, -0.25) is 0 Å². The molecule has 21 heavy (non-hydrogen) atoms. The number of H-pyrrole nitrogens is 1. The molecule has 2 aromatic heterocycles. The predicted molar refractivity (Wildman–Crippen MR) is 84.4 cm³/mol. The van der Waals surface area contributed by atoms with Crippen molar-refractivity contribution in [2.75, 3.05) is 0 Å². The molecule has 104 valence electrons. The van der Waals surface area contributed by atoms with Gasteiger partial charge in [0.15, 0.2) is 0 Å². The number of fused-ring (bicyclic) bond motifs is 1. The van der Waals surface area contributed by atoms with Crippen LogP contribution in [0.1, 0.15) is 31.3 Å². The van der Waals surface area contributed by atoms with Crippen LogP contribution in [0.4, 0.5) is 0 Å². The summed E-state index contributed by atoms with van der Waals surface area (Å²) in [5, 5.41) is 9.40. The Labute approximate surface area is 123 Å². The lowest BCUT2D eigenvalue weighted by atomic mass is 10.2. The van der Waals surface area contributed by atoms with E-state index in [2.05, 4.69) is 34.5 Å². The lowest BCUT2D eigenvalue weighted by molar-refractivity contribution is 0.603. The first-order chi connectivity index (χ1) is 10.2. The fraction of sp³-hybridized carbons (Fsp3) is 0.176. The first-order valence-electron chi connectivity index (χ1n) is 6.92. The molecule has 0 saturated carbocycles. The smallest absolute Gasteiger partial charge is 0.149 e. The highest BCUT2D eigenvalue weighted by molar-refractivity contribution is 5.90. The normalized spacial score (nSPS) is 12.0. The molecule has 0 amide bonds. The standard InChI is InChI=1S/C17H16N4/c1-12(2)21-8-7-13(11-21)9-14(10-18)17-19-15-5-3-4-6-16(15)20-17/h3-9,11-12H,1-2H3,(H,19,20)/b14-9+. The Morgan fingerprint density at radius 2 is 2.14 bits per heavy atom. The second kappa shape index (κ2) is 5.29. The SMILES string of the molecule is CC(C)n1ccc(/C=C(\C#N)c2nc3ccccc3[nH]2)c1. The van der Waals surface area contributed by atoms with E-state index in [1.165, 1.54) is 0 Å². The summed E-state index contributed by atoms with van der Waals surface area (Å²) in [5.41, 5.74) is 3.34. The topological polar surface area (TPSA) is 57.4 Å². The van der Waals surface area contributed by atoms with Gasteiger partial charge in [-0.2, -0.15) is 5.26 Å². The molecule has 0 unspecified atom stereocenters. The van der Waals surface area contributed by atoms with E-state index < -0.39 is 0 Å². The second-order valence-corrected chi connectivity index (χ2v) is 5.26. The zero-order valence-electron chi connectivity index (χ0n) is 12.0. The molecule has 0 fully saturated rings. The average Bonchev–Trinajstić information content (AvgIpc) is 3.11. The third-order valence-electron chi connectivity index (χ3n) is 3.41. The van der Waals surface area contributed by atoms with Gasteiger partial charge in [-0.1, -0.05) is 12.1 Å². The number of nitriles is 1. The third kappa shape index (κ3) is 2.59. The summed E-state index contributed by atoms with van der Waals surface area (Å²) in [5.74, 6) is 0.607. The highest BCUT2D eigenvalue weighted by Gasteiger charge is 2.08. The summed E-state index contributed by atoms with van der Waals surface area (Å²) >= 11 is 0. The third-order valence-corrected chi connectivity index (χ3v) is 3.41. The molecule has 0 saturated heterocycles. The number of nitrogens with one attached hydrogen (secondary N) is 1. The number of hydrogen-bond acceptors (Lipinski definition) is 2. The summed E-state index contributed by atoms with van der Waals surface area (Å²) in [4.78, 5) is 7.66. The molecule has 4 nitrogen and oxygen atoms in total. The molecule has 0 aliphatic heterocycles. The van der Waals surface area contributed by atoms with Gasteiger partial charge in [-0.15, -0.1) is 0 Å². The molecule has 0 radical (unpaired) electrons. The maximum absolute atomic E-state index is 9.40. The van der Waals surface area contributed by atoms with E-state index in [0.29, 0.717) is 17.4 Å². The minimum Gasteiger partial charge on any atom is -0.351 e. The van der Waals surface area contributed by atoms with Crippen molar-refractivity contribution in [1.82, 2.24) is 14.5 Å². The molecule has 0 spiro atoms. The van der Waals surface area contributed by atoms with Crippen molar-refractivity contribution in [2.24, 2.45) is 0 Å². The minimum atomic E-state index is 0.406. The number of rotatable bonds is 3. The number of benzene rings is 1. The van der Waals surface area contributed by atoms with Crippen molar-refractivity contribution >= 4 is 22.7 Å². The van der Waals surface area contributed by atoms with Crippen molar-refractivity contribution in [2.45, 2.75) is 19.9 Å². The number of para-hydroxylation sites is 2. The summed E-state index contributed by atoms with van der Waals surface area (Å²) in [6.07, 6.45) is 5.91. The Hall–Kier alpha value is -2.80. The molecule has 0 bridgehead atoms. The van der Waals surface area contributed by atoms with Crippen molar-refractivity contribution < 1.29 is 0 Å². The molecular weight excluding hydrogens is 260 g/mol. The van der Waals surface area contributed by atoms with Crippen LogP contribution in [0.5, 0.6) is 0 Å². The lowest BCUT2D eigenvalue weighted by Crippen LogP contribution is -1.95. The van der Waals surface area contributed by atoms with E-state index in [-0.39, 0.29) is 0 Å². The number of imidazole rings is 1. The van der Waals surface area contributed by atoms with E-state index in [0.717, 1.165) is 16.6 Å². The molecule has 0 aliphatic rings. The van der Waals surface area contributed by atoms with Gasteiger partial charge >= 0.3 is 0 Å². The molecular formula is C17H16N4. The number of aromatic nitrogens is 3. The maximum Gasteiger partial charge on any atom is 0.149 e. The van der Waals surface area contributed by atoms with Crippen LogP contribution >= 0.6 is 0 Å². The van der Waals surface area contributed by atoms with Gasteiger partial charge in [-0.25, -0.2) is 4.98 Å². The van der Waals surface area contributed by atoms with Gasteiger partial charge in [0.2, 0.25) is 0 Å². The van der Waals surface area contributed by atoms with Crippen molar-refractivity contribution in [3.63, 3.8) is 0 Å². The highest BCUT2D eigenvalue weighted by atomic mass is 15.0. The highest BCUT2D eigenvalue weighted by Crippen LogP contribution is 2.20. The van der Waals surface area contributed by atoms with Crippen LogP contribution in [0.25, 0.3) is 22.7 Å². The van der Waals surface area contributed by atoms with Crippen LogP contribution in [0, 0.1) is 11.3 Å². The Bertz CT molecular complexity index is 810. The van der Waals surface area contributed by atoms with E-state index in [1.54, 1.807) is 0 Å². The molecule has 0 atom stereocenters. The van der Waals surface area contributed by atoms with Crippen molar-refractivity contribution in [3.8, 4) is 6.07 Å². The van der Waals surface area contributed by atoms with Crippen LogP contribution < -0.4 is 0 Å². The molecule has 1 aromatic carbocycles. The van der Waals surface area contributed by atoms with Crippen LogP contribution in [0.15, 0.2) is 42.7 Å². The first kappa shape index (κ1) is 13.2. The maximum atomic E-state index is 9.40. The molecule has 2 heterocycles. The molecule has 1 N–H and O–H groups in total. The van der Waals surface area contributed by atoms with Gasteiger partial charge < -0.3 is 9.55 Å². The Balaban J connectivity index is 2.00. The quantitative estimate of drug-likeness (QED) is 0.735. The fourth-order valence-electron chi connectivity index (χ4n) is 2.24. The zero-order valence-corrected chi connectivity index (χ0v) is 12.0. The average molecular weight is 276 g/mol.